The second-order valence-corrected chi connectivity index (χ2v) is 6.91. The molecular formula is C15H30N2O2. The molecule has 0 spiro atoms. The molecule has 0 saturated carbocycles. The van der Waals surface area contributed by atoms with E-state index in [1.807, 2.05) is 13.8 Å². The van der Waals surface area contributed by atoms with Crippen LogP contribution in [-0.4, -0.2) is 60.6 Å². The van der Waals surface area contributed by atoms with Crippen molar-refractivity contribution in [3.05, 3.63) is 0 Å². The molecule has 2 unspecified atom stereocenters. The summed E-state index contributed by atoms with van der Waals surface area (Å²) in [5.74, 6) is 0.0421. The molecule has 0 aromatic heterocycles. The maximum absolute atomic E-state index is 11.0. The second kappa shape index (κ2) is 6.71. The number of carbonyl (C=O) groups is 1. The van der Waals surface area contributed by atoms with Crippen LogP contribution in [0.1, 0.15) is 40.0 Å². The molecule has 1 heterocycles. The van der Waals surface area contributed by atoms with Crippen LogP contribution in [0.4, 0.5) is 0 Å². The SMILES string of the molecule is CC1CN(CCCCC(C)(C)C(=O)O)CC1N(C)C. The number of aliphatic carboxylic acids is 1. The molecule has 0 aliphatic carbocycles. The van der Waals surface area contributed by atoms with Gasteiger partial charge in [0.1, 0.15) is 0 Å². The summed E-state index contributed by atoms with van der Waals surface area (Å²) in [4.78, 5) is 15.9. The Labute approximate surface area is 117 Å². The fraction of sp³-hybridized carbons (Fsp3) is 0.933. The topological polar surface area (TPSA) is 43.8 Å². The monoisotopic (exact) mass is 270 g/mol. The lowest BCUT2D eigenvalue weighted by Gasteiger charge is -2.23. The van der Waals surface area contributed by atoms with Gasteiger partial charge in [-0.25, -0.2) is 0 Å². The molecule has 1 rings (SSSR count). The van der Waals surface area contributed by atoms with E-state index in [0.717, 1.165) is 38.3 Å². The van der Waals surface area contributed by atoms with Crippen molar-refractivity contribution < 1.29 is 9.90 Å². The minimum atomic E-state index is -0.685. The highest BCUT2D eigenvalue weighted by Gasteiger charge is 2.31. The summed E-state index contributed by atoms with van der Waals surface area (Å²) < 4.78 is 0. The molecule has 1 saturated heterocycles. The number of unbranched alkanes of at least 4 members (excludes halogenated alkanes) is 1. The van der Waals surface area contributed by atoms with Crippen molar-refractivity contribution >= 4 is 5.97 Å². The standard InChI is InChI=1S/C15H30N2O2/c1-12-10-17(11-13(12)16(4)5)9-7-6-8-15(2,3)14(18)19/h12-13H,6-11H2,1-5H3,(H,18,19). The molecular weight excluding hydrogens is 240 g/mol. The normalized spacial score (nSPS) is 25.2. The minimum absolute atomic E-state index is 0.579. The van der Waals surface area contributed by atoms with Crippen LogP contribution in [0.25, 0.3) is 0 Å². The Balaban J connectivity index is 2.23. The van der Waals surface area contributed by atoms with Gasteiger partial charge in [0.2, 0.25) is 0 Å². The first kappa shape index (κ1) is 16.4. The molecule has 4 nitrogen and oxygen atoms in total. The fourth-order valence-electron chi connectivity index (χ4n) is 2.91. The summed E-state index contributed by atoms with van der Waals surface area (Å²) in [5, 5.41) is 9.07. The number of likely N-dealkylation sites (N-methyl/N-ethyl adjacent to an activating group) is 1. The number of carboxylic acids is 1. The average Bonchev–Trinajstić information content (AvgIpc) is 2.66. The number of likely N-dealkylation sites (tertiary alicyclic amines) is 1. The summed E-state index contributed by atoms with van der Waals surface area (Å²) >= 11 is 0. The third kappa shape index (κ3) is 4.77. The van der Waals surface area contributed by atoms with Gasteiger partial charge in [-0.2, -0.15) is 0 Å². The molecule has 0 aromatic rings. The molecule has 0 amide bonds. The van der Waals surface area contributed by atoms with Gasteiger partial charge in [-0.1, -0.05) is 13.3 Å². The zero-order chi connectivity index (χ0) is 14.6. The zero-order valence-corrected chi connectivity index (χ0v) is 13.1. The minimum Gasteiger partial charge on any atom is -0.481 e. The molecule has 1 N–H and O–H groups in total. The first-order valence-electron chi connectivity index (χ1n) is 7.36. The number of carboxylic acid groups (broad SMARTS) is 1. The summed E-state index contributed by atoms with van der Waals surface area (Å²) in [6.45, 7) is 9.37. The van der Waals surface area contributed by atoms with E-state index in [1.54, 1.807) is 0 Å². The average molecular weight is 270 g/mol. The third-order valence-corrected chi connectivity index (χ3v) is 4.42. The molecule has 0 aromatic carbocycles. The second-order valence-electron chi connectivity index (χ2n) is 6.91. The van der Waals surface area contributed by atoms with Gasteiger partial charge in [-0.3, -0.25) is 4.79 Å². The van der Waals surface area contributed by atoms with E-state index < -0.39 is 11.4 Å². The van der Waals surface area contributed by atoms with Gasteiger partial charge >= 0.3 is 5.97 Å². The van der Waals surface area contributed by atoms with Crippen LogP contribution >= 0.6 is 0 Å². The summed E-state index contributed by atoms with van der Waals surface area (Å²) in [7, 11) is 4.31. The van der Waals surface area contributed by atoms with E-state index in [2.05, 4.69) is 30.8 Å². The van der Waals surface area contributed by atoms with Crippen LogP contribution in [0.15, 0.2) is 0 Å². The van der Waals surface area contributed by atoms with Crippen molar-refractivity contribution in [3.8, 4) is 0 Å². The van der Waals surface area contributed by atoms with Gasteiger partial charge in [0, 0.05) is 19.1 Å². The molecule has 112 valence electrons. The van der Waals surface area contributed by atoms with Gasteiger partial charge in [0.15, 0.2) is 0 Å². The van der Waals surface area contributed by atoms with Gasteiger partial charge in [-0.05, 0) is 53.2 Å². The maximum Gasteiger partial charge on any atom is 0.309 e. The molecule has 0 bridgehead atoms. The Morgan fingerprint density at radius 1 is 1.32 bits per heavy atom. The Morgan fingerprint density at radius 3 is 2.42 bits per heavy atom. The van der Waals surface area contributed by atoms with E-state index in [4.69, 9.17) is 5.11 Å². The highest BCUT2D eigenvalue weighted by atomic mass is 16.4. The summed E-state index contributed by atoms with van der Waals surface area (Å²) in [5.41, 5.74) is -0.579. The number of hydrogen-bond acceptors (Lipinski definition) is 3. The zero-order valence-electron chi connectivity index (χ0n) is 13.1. The van der Waals surface area contributed by atoms with Crippen molar-refractivity contribution in [2.75, 3.05) is 33.7 Å². The molecule has 1 aliphatic heterocycles. The fourth-order valence-corrected chi connectivity index (χ4v) is 2.91. The van der Waals surface area contributed by atoms with Crippen molar-refractivity contribution in [2.45, 2.75) is 46.1 Å². The largest absolute Gasteiger partial charge is 0.481 e. The van der Waals surface area contributed by atoms with Crippen molar-refractivity contribution in [1.29, 1.82) is 0 Å². The number of rotatable bonds is 7. The van der Waals surface area contributed by atoms with Gasteiger partial charge < -0.3 is 14.9 Å². The Kier molecular flexibility index (Phi) is 5.81. The highest BCUT2D eigenvalue weighted by molar-refractivity contribution is 5.73. The first-order valence-corrected chi connectivity index (χ1v) is 7.36. The Hall–Kier alpha value is -0.610. The summed E-state index contributed by atoms with van der Waals surface area (Å²) in [6.07, 6.45) is 2.86. The summed E-state index contributed by atoms with van der Waals surface area (Å²) in [6, 6.07) is 0.662. The van der Waals surface area contributed by atoms with Crippen LogP contribution in [0.5, 0.6) is 0 Å². The van der Waals surface area contributed by atoms with Crippen LogP contribution in [0.2, 0.25) is 0 Å². The Bertz CT molecular complexity index is 303. The molecule has 1 fully saturated rings. The number of nitrogens with zero attached hydrogens (tertiary/aromatic N) is 2. The first-order chi connectivity index (χ1) is 8.74. The van der Waals surface area contributed by atoms with Crippen molar-refractivity contribution in [1.82, 2.24) is 9.80 Å². The molecule has 1 aliphatic rings. The van der Waals surface area contributed by atoms with Gasteiger partial charge in [0.25, 0.3) is 0 Å². The van der Waals surface area contributed by atoms with Crippen LogP contribution in [0, 0.1) is 11.3 Å². The van der Waals surface area contributed by atoms with Crippen molar-refractivity contribution in [2.24, 2.45) is 11.3 Å². The molecule has 0 radical (unpaired) electrons. The third-order valence-electron chi connectivity index (χ3n) is 4.42. The lowest BCUT2D eigenvalue weighted by Crippen LogP contribution is -2.34. The lowest BCUT2D eigenvalue weighted by atomic mass is 9.87. The maximum atomic E-state index is 11.0. The predicted molar refractivity (Wildman–Crippen MR) is 78.3 cm³/mol. The molecule has 4 heteroatoms. The quantitative estimate of drug-likeness (QED) is 0.720. The number of hydrogen-bond donors (Lipinski definition) is 1. The highest BCUT2D eigenvalue weighted by Crippen LogP contribution is 2.24. The van der Waals surface area contributed by atoms with Crippen molar-refractivity contribution in [3.63, 3.8) is 0 Å². The van der Waals surface area contributed by atoms with E-state index >= 15 is 0 Å². The van der Waals surface area contributed by atoms with E-state index in [1.165, 1.54) is 6.54 Å². The van der Waals surface area contributed by atoms with E-state index in [9.17, 15) is 4.79 Å². The van der Waals surface area contributed by atoms with E-state index in [0.29, 0.717) is 6.04 Å². The van der Waals surface area contributed by atoms with Gasteiger partial charge in [0.05, 0.1) is 5.41 Å². The van der Waals surface area contributed by atoms with Crippen LogP contribution in [0.3, 0.4) is 0 Å². The van der Waals surface area contributed by atoms with Gasteiger partial charge in [-0.15, -0.1) is 0 Å². The predicted octanol–water partition coefficient (Wildman–Crippen LogP) is 2.15. The molecule has 19 heavy (non-hydrogen) atoms. The lowest BCUT2D eigenvalue weighted by molar-refractivity contribution is -0.147. The van der Waals surface area contributed by atoms with Crippen LogP contribution in [-0.2, 0) is 4.79 Å². The van der Waals surface area contributed by atoms with E-state index in [-0.39, 0.29) is 0 Å². The van der Waals surface area contributed by atoms with Crippen LogP contribution < -0.4 is 0 Å². The smallest absolute Gasteiger partial charge is 0.309 e. The Morgan fingerprint density at radius 2 is 1.95 bits per heavy atom. The molecule has 2 atom stereocenters.